The van der Waals surface area contributed by atoms with Gasteiger partial charge >= 0.3 is 0 Å². The minimum atomic E-state index is 0.289. The molecule has 1 aliphatic heterocycles. The predicted molar refractivity (Wildman–Crippen MR) is 53.3 cm³/mol. The van der Waals surface area contributed by atoms with E-state index in [1.54, 1.807) is 0 Å². The highest BCUT2D eigenvalue weighted by molar-refractivity contribution is 5.76. The van der Waals surface area contributed by atoms with Gasteiger partial charge in [0.25, 0.3) is 0 Å². The second kappa shape index (κ2) is 5.22. The molecule has 3 nitrogen and oxygen atoms in total. The maximum atomic E-state index is 11.5. The Kier molecular flexibility index (Phi) is 4.22. The van der Waals surface area contributed by atoms with E-state index in [2.05, 4.69) is 6.92 Å². The number of nitrogens with zero attached hydrogens (tertiary/aromatic N) is 1. The van der Waals surface area contributed by atoms with E-state index in [4.69, 9.17) is 5.73 Å². The highest BCUT2D eigenvalue weighted by Gasteiger charge is 2.19. The fraction of sp³-hybridized carbons (Fsp3) is 0.900. The number of carbonyl (C=O) groups is 1. The summed E-state index contributed by atoms with van der Waals surface area (Å²) in [6, 6.07) is 0. The Labute approximate surface area is 80.3 Å². The molecule has 0 unspecified atom stereocenters. The van der Waals surface area contributed by atoms with Gasteiger partial charge in [-0.1, -0.05) is 6.92 Å². The molecule has 0 spiro atoms. The quantitative estimate of drug-likeness (QED) is 0.711. The maximum Gasteiger partial charge on any atom is 0.222 e. The molecule has 0 aliphatic carbocycles. The van der Waals surface area contributed by atoms with E-state index in [0.29, 0.717) is 13.0 Å². The molecule has 0 atom stereocenters. The predicted octanol–water partition coefficient (Wildman–Crippen LogP) is 0.984. The van der Waals surface area contributed by atoms with Crippen molar-refractivity contribution in [1.82, 2.24) is 4.90 Å². The molecule has 3 heteroatoms. The summed E-state index contributed by atoms with van der Waals surface area (Å²) in [5.41, 5.74) is 5.36. The average molecular weight is 184 g/mol. The summed E-state index contributed by atoms with van der Waals surface area (Å²) in [6.45, 7) is 4.77. The molecule has 2 N–H and O–H groups in total. The third kappa shape index (κ3) is 3.35. The summed E-state index contributed by atoms with van der Waals surface area (Å²) in [6.07, 6.45) is 3.78. The van der Waals surface area contributed by atoms with Crippen LogP contribution in [-0.2, 0) is 4.79 Å². The molecule has 0 bridgehead atoms. The Morgan fingerprint density at radius 1 is 1.46 bits per heavy atom. The zero-order valence-corrected chi connectivity index (χ0v) is 8.46. The lowest BCUT2D eigenvalue weighted by molar-refractivity contribution is -0.132. The number of hydrogen-bond donors (Lipinski definition) is 1. The average Bonchev–Trinajstić information content (AvgIpc) is 2.15. The molecule has 0 aromatic carbocycles. The summed E-state index contributed by atoms with van der Waals surface area (Å²) in [7, 11) is 0. The number of nitrogens with two attached hydrogens (primary N) is 1. The molecule has 1 saturated heterocycles. The van der Waals surface area contributed by atoms with Gasteiger partial charge in [-0.15, -0.1) is 0 Å². The molecule has 1 amide bonds. The van der Waals surface area contributed by atoms with Crippen molar-refractivity contribution in [3.05, 3.63) is 0 Å². The molecule has 13 heavy (non-hydrogen) atoms. The largest absolute Gasteiger partial charge is 0.343 e. The lowest BCUT2D eigenvalue weighted by atomic mass is 9.99. The van der Waals surface area contributed by atoms with E-state index in [9.17, 15) is 4.79 Å². The number of rotatable bonds is 3. The summed E-state index contributed by atoms with van der Waals surface area (Å²) in [5.74, 6) is 1.08. The van der Waals surface area contributed by atoms with Crippen LogP contribution in [0, 0.1) is 5.92 Å². The molecule has 0 aromatic rings. The number of carbonyl (C=O) groups excluding carboxylic acids is 1. The molecular formula is C10H20N2O. The Balaban J connectivity index is 2.23. The maximum absolute atomic E-state index is 11.5. The Bertz CT molecular complexity index is 162. The van der Waals surface area contributed by atoms with Crippen LogP contribution < -0.4 is 5.73 Å². The smallest absolute Gasteiger partial charge is 0.222 e. The second-order valence-corrected chi connectivity index (χ2v) is 3.96. The van der Waals surface area contributed by atoms with Crippen molar-refractivity contribution in [3.63, 3.8) is 0 Å². The molecule has 76 valence electrons. The van der Waals surface area contributed by atoms with Gasteiger partial charge in [0.1, 0.15) is 0 Å². The topological polar surface area (TPSA) is 46.3 Å². The first-order chi connectivity index (χ1) is 6.24. The number of amides is 1. The minimum absolute atomic E-state index is 0.289. The van der Waals surface area contributed by atoms with Crippen LogP contribution in [0.25, 0.3) is 0 Å². The Morgan fingerprint density at radius 3 is 2.62 bits per heavy atom. The monoisotopic (exact) mass is 184 g/mol. The van der Waals surface area contributed by atoms with Gasteiger partial charge in [-0.3, -0.25) is 4.79 Å². The first-order valence-electron chi connectivity index (χ1n) is 5.22. The van der Waals surface area contributed by atoms with Crippen LogP contribution in [0.4, 0.5) is 0 Å². The lowest BCUT2D eigenvalue weighted by Gasteiger charge is -2.30. The van der Waals surface area contributed by atoms with Gasteiger partial charge in [0.2, 0.25) is 5.91 Å². The molecule has 0 aromatic heterocycles. The summed E-state index contributed by atoms with van der Waals surface area (Å²) < 4.78 is 0. The molecule has 1 heterocycles. The molecule has 1 aliphatic rings. The van der Waals surface area contributed by atoms with Crippen LogP contribution in [-0.4, -0.2) is 30.4 Å². The minimum Gasteiger partial charge on any atom is -0.343 e. The Morgan fingerprint density at radius 2 is 2.08 bits per heavy atom. The summed E-state index contributed by atoms with van der Waals surface area (Å²) in [4.78, 5) is 13.5. The summed E-state index contributed by atoms with van der Waals surface area (Å²) in [5, 5.41) is 0. The van der Waals surface area contributed by atoms with Crippen LogP contribution in [0.5, 0.6) is 0 Å². The SMILES string of the molecule is CC1CCN(C(=O)CCCN)CC1. The van der Waals surface area contributed by atoms with Crippen molar-refractivity contribution in [2.24, 2.45) is 11.7 Å². The van der Waals surface area contributed by atoms with Crippen molar-refractivity contribution in [3.8, 4) is 0 Å². The van der Waals surface area contributed by atoms with Crippen molar-refractivity contribution in [1.29, 1.82) is 0 Å². The standard InChI is InChI=1S/C10H20N2O/c1-9-4-7-12(8-5-9)10(13)3-2-6-11/h9H,2-8,11H2,1H3. The lowest BCUT2D eigenvalue weighted by Crippen LogP contribution is -2.37. The first-order valence-corrected chi connectivity index (χ1v) is 5.22. The van der Waals surface area contributed by atoms with Crippen LogP contribution in [0.3, 0.4) is 0 Å². The molecule has 1 fully saturated rings. The van der Waals surface area contributed by atoms with Gasteiger partial charge in [-0.25, -0.2) is 0 Å². The van der Waals surface area contributed by atoms with Gasteiger partial charge < -0.3 is 10.6 Å². The van der Waals surface area contributed by atoms with Crippen molar-refractivity contribution < 1.29 is 4.79 Å². The zero-order valence-electron chi connectivity index (χ0n) is 8.46. The molecule has 1 rings (SSSR count). The van der Waals surface area contributed by atoms with E-state index < -0.39 is 0 Å². The molecule has 0 saturated carbocycles. The van der Waals surface area contributed by atoms with E-state index in [-0.39, 0.29) is 5.91 Å². The van der Waals surface area contributed by atoms with Crippen LogP contribution in [0.1, 0.15) is 32.6 Å². The second-order valence-electron chi connectivity index (χ2n) is 3.96. The summed E-state index contributed by atoms with van der Waals surface area (Å²) >= 11 is 0. The third-order valence-electron chi connectivity index (χ3n) is 2.73. The van der Waals surface area contributed by atoms with E-state index >= 15 is 0 Å². The fourth-order valence-electron chi connectivity index (χ4n) is 1.67. The number of piperidine rings is 1. The van der Waals surface area contributed by atoms with Crippen LogP contribution >= 0.6 is 0 Å². The van der Waals surface area contributed by atoms with Gasteiger partial charge in [-0.05, 0) is 31.7 Å². The highest BCUT2D eigenvalue weighted by Crippen LogP contribution is 2.16. The highest BCUT2D eigenvalue weighted by atomic mass is 16.2. The zero-order chi connectivity index (χ0) is 9.68. The number of hydrogen-bond acceptors (Lipinski definition) is 2. The third-order valence-corrected chi connectivity index (χ3v) is 2.73. The van der Waals surface area contributed by atoms with Crippen LogP contribution in [0.15, 0.2) is 0 Å². The van der Waals surface area contributed by atoms with E-state index in [1.165, 1.54) is 0 Å². The van der Waals surface area contributed by atoms with Crippen molar-refractivity contribution >= 4 is 5.91 Å². The normalized spacial score (nSPS) is 19.1. The molecular weight excluding hydrogens is 164 g/mol. The Hall–Kier alpha value is -0.570. The van der Waals surface area contributed by atoms with Gasteiger partial charge in [0.15, 0.2) is 0 Å². The fourth-order valence-corrected chi connectivity index (χ4v) is 1.67. The van der Waals surface area contributed by atoms with Gasteiger partial charge in [0.05, 0.1) is 0 Å². The van der Waals surface area contributed by atoms with Crippen molar-refractivity contribution in [2.45, 2.75) is 32.6 Å². The van der Waals surface area contributed by atoms with E-state index in [0.717, 1.165) is 38.3 Å². The van der Waals surface area contributed by atoms with Crippen LogP contribution in [0.2, 0.25) is 0 Å². The van der Waals surface area contributed by atoms with Gasteiger partial charge in [-0.2, -0.15) is 0 Å². The first kappa shape index (κ1) is 10.5. The molecule has 0 radical (unpaired) electrons. The number of likely N-dealkylation sites (tertiary alicyclic amines) is 1. The van der Waals surface area contributed by atoms with Crippen molar-refractivity contribution in [2.75, 3.05) is 19.6 Å². The van der Waals surface area contributed by atoms with E-state index in [1.807, 2.05) is 4.90 Å². The van der Waals surface area contributed by atoms with Gasteiger partial charge in [0, 0.05) is 19.5 Å².